The first kappa shape index (κ1) is 14.7. The van der Waals surface area contributed by atoms with Gasteiger partial charge in [0.05, 0.1) is 25.2 Å². The molecule has 1 atom stereocenters. The van der Waals surface area contributed by atoms with Crippen LogP contribution in [0.1, 0.15) is 31.4 Å². The second-order valence-electron chi connectivity index (χ2n) is 5.43. The molecule has 1 fully saturated rings. The molecule has 4 nitrogen and oxygen atoms in total. The lowest BCUT2D eigenvalue weighted by Crippen LogP contribution is -3.16. The number of carbonyl (C=O) groups excluding carboxylic acids is 2. The van der Waals surface area contributed by atoms with E-state index in [1.165, 1.54) is 9.80 Å². The standard InChI is InChI=1S/C16H22N2O2/c1-5-17(6-2)13-10-14(19)18(16(13)20)15-11(3)8-7-9-12(15)4/h7-9,13H,5-6,10H2,1-4H3/p+1/t13-/m0/s1. The van der Waals surface area contributed by atoms with E-state index in [2.05, 4.69) is 13.8 Å². The third kappa shape index (κ3) is 2.36. The fraction of sp³-hybridized carbons (Fsp3) is 0.500. The molecule has 108 valence electrons. The molecule has 1 N–H and O–H groups in total. The zero-order valence-corrected chi connectivity index (χ0v) is 12.7. The maximum atomic E-state index is 12.7. The van der Waals surface area contributed by atoms with Crippen LogP contribution in [0.2, 0.25) is 0 Å². The fourth-order valence-electron chi connectivity index (χ4n) is 3.09. The van der Waals surface area contributed by atoms with Gasteiger partial charge in [-0.2, -0.15) is 0 Å². The zero-order valence-electron chi connectivity index (χ0n) is 12.7. The number of benzene rings is 1. The van der Waals surface area contributed by atoms with Gasteiger partial charge < -0.3 is 4.90 Å². The summed E-state index contributed by atoms with van der Waals surface area (Å²) in [5, 5.41) is 0. The molecule has 1 aliphatic rings. The molecule has 1 aliphatic heterocycles. The molecule has 2 amide bonds. The van der Waals surface area contributed by atoms with E-state index in [4.69, 9.17) is 0 Å². The number of nitrogens with zero attached hydrogens (tertiary/aromatic N) is 1. The van der Waals surface area contributed by atoms with Crippen molar-refractivity contribution in [3.05, 3.63) is 29.3 Å². The molecular formula is C16H23N2O2+. The van der Waals surface area contributed by atoms with Crippen molar-refractivity contribution in [2.45, 2.75) is 40.2 Å². The average molecular weight is 275 g/mol. The van der Waals surface area contributed by atoms with Crippen LogP contribution < -0.4 is 9.80 Å². The minimum absolute atomic E-state index is 0.0499. The van der Waals surface area contributed by atoms with Crippen molar-refractivity contribution in [3.63, 3.8) is 0 Å². The number of carbonyl (C=O) groups is 2. The zero-order chi connectivity index (χ0) is 14.9. The maximum absolute atomic E-state index is 12.7. The fourth-order valence-corrected chi connectivity index (χ4v) is 3.09. The minimum Gasteiger partial charge on any atom is -0.325 e. The summed E-state index contributed by atoms with van der Waals surface area (Å²) >= 11 is 0. The number of likely N-dealkylation sites (N-methyl/N-ethyl adjacent to an activating group) is 1. The molecule has 0 aliphatic carbocycles. The van der Waals surface area contributed by atoms with Crippen LogP contribution >= 0.6 is 0 Å². The number of imide groups is 1. The molecule has 2 rings (SSSR count). The number of aryl methyl sites for hydroxylation is 2. The van der Waals surface area contributed by atoms with Crippen LogP contribution in [0.25, 0.3) is 0 Å². The number of quaternary nitrogens is 1. The van der Waals surface area contributed by atoms with Gasteiger partial charge in [-0.3, -0.25) is 9.59 Å². The van der Waals surface area contributed by atoms with Crippen LogP contribution in [-0.2, 0) is 9.59 Å². The second kappa shape index (κ2) is 5.75. The first-order valence-corrected chi connectivity index (χ1v) is 7.28. The number of nitrogens with one attached hydrogen (secondary N) is 1. The van der Waals surface area contributed by atoms with Crippen molar-refractivity contribution in [1.29, 1.82) is 0 Å². The lowest BCUT2D eigenvalue weighted by molar-refractivity contribution is -0.911. The van der Waals surface area contributed by atoms with E-state index in [-0.39, 0.29) is 17.9 Å². The Morgan fingerprint density at radius 3 is 2.20 bits per heavy atom. The Labute approximate surface area is 120 Å². The van der Waals surface area contributed by atoms with Crippen molar-refractivity contribution in [1.82, 2.24) is 0 Å². The SMILES string of the molecule is CC[NH+](CC)[C@H]1CC(=O)N(c2c(C)cccc2C)C1=O. The molecule has 0 bridgehead atoms. The summed E-state index contributed by atoms with van der Waals surface area (Å²) in [6.07, 6.45) is 0.323. The molecule has 4 heteroatoms. The highest BCUT2D eigenvalue weighted by Crippen LogP contribution is 2.28. The van der Waals surface area contributed by atoms with Gasteiger partial charge in [0, 0.05) is 0 Å². The molecule has 0 radical (unpaired) electrons. The Morgan fingerprint density at radius 2 is 1.70 bits per heavy atom. The molecule has 1 saturated heterocycles. The predicted octanol–water partition coefficient (Wildman–Crippen LogP) is 0.860. The average Bonchev–Trinajstić information content (AvgIpc) is 2.68. The Bertz CT molecular complexity index is 515. The molecular weight excluding hydrogens is 252 g/mol. The number of anilines is 1. The first-order chi connectivity index (χ1) is 9.51. The third-order valence-corrected chi connectivity index (χ3v) is 4.21. The van der Waals surface area contributed by atoms with E-state index in [1.54, 1.807) is 0 Å². The number of para-hydroxylation sites is 1. The smallest absolute Gasteiger partial charge is 0.292 e. The molecule has 0 saturated carbocycles. The largest absolute Gasteiger partial charge is 0.325 e. The topological polar surface area (TPSA) is 41.8 Å². The first-order valence-electron chi connectivity index (χ1n) is 7.28. The molecule has 1 heterocycles. The lowest BCUT2D eigenvalue weighted by Gasteiger charge is -2.23. The van der Waals surface area contributed by atoms with Crippen molar-refractivity contribution in [2.75, 3.05) is 18.0 Å². The highest BCUT2D eigenvalue weighted by atomic mass is 16.2. The van der Waals surface area contributed by atoms with Crippen LogP contribution in [0.4, 0.5) is 5.69 Å². The van der Waals surface area contributed by atoms with Crippen LogP contribution in [0.15, 0.2) is 18.2 Å². The second-order valence-corrected chi connectivity index (χ2v) is 5.43. The molecule has 0 aromatic heterocycles. The Hall–Kier alpha value is -1.68. The Kier molecular flexibility index (Phi) is 4.23. The van der Waals surface area contributed by atoms with E-state index in [0.717, 1.165) is 29.9 Å². The highest BCUT2D eigenvalue weighted by Gasteiger charge is 2.45. The molecule has 20 heavy (non-hydrogen) atoms. The van der Waals surface area contributed by atoms with E-state index in [0.29, 0.717) is 6.42 Å². The van der Waals surface area contributed by atoms with Crippen molar-refractivity contribution in [2.24, 2.45) is 0 Å². The highest BCUT2D eigenvalue weighted by molar-refractivity contribution is 6.22. The molecule has 1 aromatic rings. The third-order valence-electron chi connectivity index (χ3n) is 4.21. The number of amides is 2. The Balaban J connectivity index is 2.39. The lowest BCUT2D eigenvalue weighted by atomic mass is 10.1. The summed E-state index contributed by atoms with van der Waals surface area (Å²) in [5.74, 6) is -0.122. The molecule has 0 spiro atoms. The van der Waals surface area contributed by atoms with Gasteiger partial charge in [-0.05, 0) is 38.8 Å². The van der Waals surface area contributed by atoms with Crippen LogP contribution in [0.3, 0.4) is 0 Å². The van der Waals surface area contributed by atoms with E-state index in [1.807, 2.05) is 32.0 Å². The number of rotatable bonds is 4. The maximum Gasteiger partial charge on any atom is 0.292 e. The van der Waals surface area contributed by atoms with Gasteiger partial charge in [-0.1, -0.05) is 18.2 Å². The monoisotopic (exact) mass is 275 g/mol. The van der Waals surface area contributed by atoms with Crippen LogP contribution in [0.5, 0.6) is 0 Å². The van der Waals surface area contributed by atoms with Gasteiger partial charge in [-0.15, -0.1) is 0 Å². The minimum atomic E-state index is -0.225. The predicted molar refractivity (Wildman–Crippen MR) is 78.9 cm³/mol. The van der Waals surface area contributed by atoms with Gasteiger partial charge in [0.1, 0.15) is 0 Å². The van der Waals surface area contributed by atoms with Crippen molar-refractivity contribution in [3.8, 4) is 0 Å². The number of hydrogen-bond donors (Lipinski definition) is 1. The van der Waals surface area contributed by atoms with Gasteiger partial charge >= 0.3 is 0 Å². The van der Waals surface area contributed by atoms with Gasteiger partial charge in [0.15, 0.2) is 6.04 Å². The van der Waals surface area contributed by atoms with E-state index < -0.39 is 0 Å². The van der Waals surface area contributed by atoms with Gasteiger partial charge in [0.25, 0.3) is 5.91 Å². The van der Waals surface area contributed by atoms with Gasteiger partial charge in [-0.25, -0.2) is 4.90 Å². The molecule has 0 unspecified atom stereocenters. The van der Waals surface area contributed by atoms with Gasteiger partial charge in [0.2, 0.25) is 5.91 Å². The molecule has 1 aromatic carbocycles. The Morgan fingerprint density at radius 1 is 1.15 bits per heavy atom. The number of hydrogen-bond acceptors (Lipinski definition) is 2. The summed E-state index contributed by atoms with van der Waals surface area (Å²) < 4.78 is 0. The summed E-state index contributed by atoms with van der Waals surface area (Å²) in [5.41, 5.74) is 2.72. The van der Waals surface area contributed by atoms with Crippen molar-refractivity contribution >= 4 is 17.5 Å². The van der Waals surface area contributed by atoms with Crippen molar-refractivity contribution < 1.29 is 14.5 Å². The van der Waals surface area contributed by atoms with E-state index >= 15 is 0 Å². The summed E-state index contributed by atoms with van der Waals surface area (Å²) in [6, 6.07) is 5.62. The summed E-state index contributed by atoms with van der Waals surface area (Å²) in [7, 11) is 0. The summed E-state index contributed by atoms with van der Waals surface area (Å²) in [6.45, 7) is 9.72. The van der Waals surface area contributed by atoms with Crippen LogP contribution in [-0.4, -0.2) is 30.9 Å². The van der Waals surface area contributed by atoms with E-state index in [9.17, 15) is 9.59 Å². The van der Waals surface area contributed by atoms with Crippen LogP contribution in [0, 0.1) is 13.8 Å². The quantitative estimate of drug-likeness (QED) is 0.828. The summed E-state index contributed by atoms with van der Waals surface area (Å²) in [4.78, 5) is 27.6. The normalized spacial score (nSPS) is 19.2.